The first-order valence-corrected chi connectivity index (χ1v) is 9.57. The number of hydrogen-bond donors (Lipinski definition) is 1. The van der Waals surface area contributed by atoms with E-state index in [0.29, 0.717) is 25.5 Å². The number of rotatable bonds is 7. The largest absolute Gasteiger partial charge is 0.384 e. The molecule has 1 aromatic carbocycles. The fourth-order valence-electron chi connectivity index (χ4n) is 4.55. The molecule has 2 aliphatic rings. The minimum absolute atomic E-state index is 0.0984. The second-order valence-electron chi connectivity index (χ2n) is 7.27. The molecule has 140 valence electrons. The summed E-state index contributed by atoms with van der Waals surface area (Å²) in [7, 11) is 1.71. The van der Waals surface area contributed by atoms with E-state index in [1.165, 1.54) is 0 Å². The van der Waals surface area contributed by atoms with Crippen molar-refractivity contribution >= 4 is 16.9 Å². The molecule has 4 rings (SSSR count). The van der Waals surface area contributed by atoms with Gasteiger partial charge in [0, 0.05) is 51.0 Å². The van der Waals surface area contributed by atoms with E-state index in [4.69, 9.17) is 9.47 Å². The average molecular weight is 357 g/mol. The maximum Gasteiger partial charge on any atom is 0.222 e. The topological polar surface area (TPSA) is 65.4 Å². The molecule has 0 unspecified atom stereocenters. The number of para-hydroxylation sites is 2. The third-order valence-corrected chi connectivity index (χ3v) is 5.83. The number of aromatic nitrogens is 2. The van der Waals surface area contributed by atoms with E-state index < -0.39 is 0 Å². The lowest BCUT2D eigenvalue weighted by molar-refractivity contribution is -0.130. The highest BCUT2D eigenvalue weighted by molar-refractivity contribution is 5.78. The van der Waals surface area contributed by atoms with Crippen LogP contribution in [0.2, 0.25) is 0 Å². The van der Waals surface area contributed by atoms with Gasteiger partial charge in [-0.1, -0.05) is 19.1 Å². The van der Waals surface area contributed by atoms with Crippen molar-refractivity contribution in [1.82, 2.24) is 14.9 Å². The van der Waals surface area contributed by atoms with Gasteiger partial charge in [-0.05, 0) is 18.6 Å². The number of nitrogens with one attached hydrogen (secondary N) is 1. The van der Waals surface area contributed by atoms with Crippen molar-refractivity contribution < 1.29 is 14.3 Å². The number of hydrogen-bond acceptors (Lipinski definition) is 4. The van der Waals surface area contributed by atoms with E-state index in [-0.39, 0.29) is 24.0 Å². The number of carbonyl (C=O) groups excluding carboxylic acids is 1. The van der Waals surface area contributed by atoms with Gasteiger partial charge in [-0.25, -0.2) is 4.98 Å². The summed E-state index contributed by atoms with van der Waals surface area (Å²) in [4.78, 5) is 17.3. The van der Waals surface area contributed by atoms with Crippen molar-refractivity contribution in [3.05, 3.63) is 30.1 Å². The summed E-state index contributed by atoms with van der Waals surface area (Å²) in [6.45, 7) is 4.19. The summed E-state index contributed by atoms with van der Waals surface area (Å²) in [6.07, 6.45) is 2.60. The summed E-state index contributed by atoms with van der Waals surface area (Å²) in [5.74, 6) is 1.85. The van der Waals surface area contributed by atoms with Crippen LogP contribution in [-0.4, -0.2) is 47.9 Å². The Morgan fingerprint density at radius 2 is 2.27 bits per heavy atom. The number of fused-ring (bicyclic) bond motifs is 2. The van der Waals surface area contributed by atoms with Gasteiger partial charge >= 0.3 is 0 Å². The standard InChI is InChI=1S/C20H27N3O3/c1-3-17-21-15-6-4-5-7-16(15)23(17)10-8-18(24)22-19-13-9-11-26-20(13)14(19)12-25-2/h4-7,13-14,19-20H,3,8-12H2,1-2H3,(H,22,24)/t13-,14-,19-,20-/m0/s1. The molecular formula is C20H27N3O3. The van der Waals surface area contributed by atoms with Crippen molar-refractivity contribution in [1.29, 1.82) is 0 Å². The van der Waals surface area contributed by atoms with Crippen molar-refractivity contribution in [3.8, 4) is 0 Å². The molecule has 1 amide bonds. The second kappa shape index (κ2) is 7.37. The Bertz CT molecular complexity index is 788. The van der Waals surface area contributed by atoms with Crippen molar-refractivity contribution in [2.75, 3.05) is 20.3 Å². The number of imidazole rings is 1. The lowest BCUT2D eigenvalue weighted by Gasteiger charge is -2.47. The molecule has 26 heavy (non-hydrogen) atoms. The van der Waals surface area contributed by atoms with E-state index in [0.717, 1.165) is 36.3 Å². The Labute approximate surface area is 153 Å². The van der Waals surface area contributed by atoms with Gasteiger partial charge in [0.2, 0.25) is 5.91 Å². The maximum atomic E-state index is 12.6. The fourth-order valence-corrected chi connectivity index (χ4v) is 4.55. The molecule has 2 fully saturated rings. The molecule has 2 aromatic rings. The van der Waals surface area contributed by atoms with E-state index in [2.05, 4.69) is 27.9 Å². The van der Waals surface area contributed by atoms with Crippen LogP contribution in [0.3, 0.4) is 0 Å². The first kappa shape index (κ1) is 17.5. The van der Waals surface area contributed by atoms with Gasteiger partial charge in [0.1, 0.15) is 5.82 Å². The molecule has 0 spiro atoms. The summed E-state index contributed by atoms with van der Waals surface area (Å²) in [5, 5.41) is 3.24. The number of aryl methyl sites for hydroxylation is 2. The number of benzene rings is 1. The predicted octanol–water partition coefficient (Wildman–Crippen LogP) is 2.15. The first-order valence-electron chi connectivity index (χ1n) is 9.57. The summed E-state index contributed by atoms with van der Waals surface area (Å²) in [5.41, 5.74) is 2.09. The highest BCUT2D eigenvalue weighted by Crippen LogP contribution is 2.43. The SMILES string of the molecule is CCc1nc2ccccc2n1CCC(=O)N[C@H]1[C@@H]2CCO[C@@H]2[C@H]1COC. The van der Waals surface area contributed by atoms with Crippen molar-refractivity contribution in [2.24, 2.45) is 11.8 Å². The Morgan fingerprint density at radius 3 is 3.08 bits per heavy atom. The molecule has 1 N–H and O–H groups in total. The van der Waals surface area contributed by atoms with Crippen LogP contribution in [-0.2, 0) is 27.2 Å². The van der Waals surface area contributed by atoms with Gasteiger partial charge in [0.05, 0.1) is 23.7 Å². The molecule has 0 bridgehead atoms. The van der Waals surface area contributed by atoms with Crippen LogP contribution in [0.1, 0.15) is 25.6 Å². The average Bonchev–Trinajstić information content (AvgIpc) is 3.24. The van der Waals surface area contributed by atoms with Crippen LogP contribution >= 0.6 is 0 Å². The second-order valence-corrected chi connectivity index (χ2v) is 7.27. The van der Waals surface area contributed by atoms with Gasteiger partial charge < -0.3 is 19.4 Å². The number of ether oxygens (including phenoxy) is 2. The maximum absolute atomic E-state index is 12.6. The third-order valence-electron chi connectivity index (χ3n) is 5.83. The number of carbonyl (C=O) groups is 1. The summed E-state index contributed by atoms with van der Waals surface area (Å²) >= 11 is 0. The predicted molar refractivity (Wildman–Crippen MR) is 98.9 cm³/mol. The molecule has 6 nitrogen and oxygen atoms in total. The van der Waals surface area contributed by atoms with Gasteiger partial charge in [0.25, 0.3) is 0 Å². The molecule has 1 saturated carbocycles. The summed E-state index contributed by atoms with van der Waals surface area (Å²) < 4.78 is 13.3. The van der Waals surface area contributed by atoms with Crippen LogP contribution in [0, 0.1) is 11.8 Å². The normalized spacial score (nSPS) is 27.3. The zero-order valence-electron chi connectivity index (χ0n) is 15.5. The smallest absolute Gasteiger partial charge is 0.222 e. The Kier molecular flexibility index (Phi) is 4.96. The number of nitrogens with zero attached hydrogens (tertiary/aromatic N) is 2. The molecule has 2 heterocycles. The quantitative estimate of drug-likeness (QED) is 0.825. The van der Waals surface area contributed by atoms with Crippen LogP contribution < -0.4 is 5.32 Å². The number of methoxy groups -OCH3 is 1. The van der Waals surface area contributed by atoms with Gasteiger partial charge in [-0.2, -0.15) is 0 Å². The molecule has 0 radical (unpaired) electrons. The fraction of sp³-hybridized carbons (Fsp3) is 0.600. The summed E-state index contributed by atoms with van der Waals surface area (Å²) in [6, 6.07) is 8.29. The number of amides is 1. The van der Waals surface area contributed by atoms with Crippen LogP contribution in [0.4, 0.5) is 0 Å². The van der Waals surface area contributed by atoms with Crippen LogP contribution in [0.15, 0.2) is 24.3 Å². The molecule has 4 atom stereocenters. The van der Waals surface area contributed by atoms with Crippen LogP contribution in [0.5, 0.6) is 0 Å². The molecule has 1 aliphatic heterocycles. The van der Waals surface area contributed by atoms with E-state index in [1.807, 2.05) is 18.2 Å². The molecular weight excluding hydrogens is 330 g/mol. The third kappa shape index (κ3) is 3.01. The lowest BCUT2D eigenvalue weighted by atomic mass is 9.67. The minimum atomic E-state index is 0.0984. The Balaban J connectivity index is 1.40. The van der Waals surface area contributed by atoms with Crippen molar-refractivity contribution in [3.63, 3.8) is 0 Å². The highest BCUT2D eigenvalue weighted by Gasteiger charge is 2.54. The van der Waals surface area contributed by atoms with Gasteiger partial charge in [-0.3, -0.25) is 4.79 Å². The first-order chi connectivity index (χ1) is 12.7. The monoisotopic (exact) mass is 357 g/mol. The van der Waals surface area contributed by atoms with Crippen LogP contribution in [0.25, 0.3) is 11.0 Å². The molecule has 1 aliphatic carbocycles. The van der Waals surface area contributed by atoms with Gasteiger partial charge in [0.15, 0.2) is 0 Å². The highest BCUT2D eigenvalue weighted by atomic mass is 16.5. The zero-order valence-corrected chi connectivity index (χ0v) is 15.5. The van der Waals surface area contributed by atoms with Gasteiger partial charge in [-0.15, -0.1) is 0 Å². The molecule has 1 saturated heterocycles. The van der Waals surface area contributed by atoms with E-state index in [9.17, 15) is 4.79 Å². The molecule has 1 aromatic heterocycles. The van der Waals surface area contributed by atoms with Crippen molar-refractivity contribution in [2.45, 2.75) is 44.9 Å². The Morgan fingerprint density at radius 1 is 1.42 bits per heavy atom. The lowest BCUT2D eigenvalue weighted by Crippen LogP contribution is -2.62. The molecule has 6 heteroatoms. The van der Waals surface area contributed by atoms with E-state index >= 15 is 0 Å². The Hall–Kier alpha value is -1.92. The minimum Gasteiger partial charge on any atom is -0.384 e. The zero-order chi connectivity index (χ0) is 18.1. The van der Waals surface area contributed by atoms with E-state index in [1.54, 1.807) is 7.11 Å².